The molecule has 0 saturated heterocycles. The van der Waals surface area contributed by atoms with Gasteiger partial charge in [0.2, 0.25) is 0 Å². The molecular weight excluding hydrogens is 687 g/mol. The first-order valence-electron chi connectivity index (χ1n) is 18.7. The molecule has 3 heteroatoms. The zero-order valence-corrected chi connectivity index (χ0v) is 30.6. The van der Waals surface area contributed by atoms with Gasteiger partial charge >= 0.3 is 0 Å². The Morgan fingerprint density at radius 2 is 1.05 bits per heavy atom. The van der Waals surface area contributed by atoms with Crippen molar-refractivity contribution in [2.24, 2.45) is 0 Å². The van der Waals surface area contributed by atoms with Crippen LogP contribution in [-0.4, -0.2) is 0 Å². The Morgan fingerprint density at radius 1 is 0.400 bits per heavy atom. The van der Waals surface area contributed by atoms with Gasteiger partial charge in [-0.15, -0.1) is 11.3 Å². The summed E-state index contributed by atoms with van der Waals surface area (Å²) in [6, 6.07) is 72.1. The molecule has 9 aromatic carbocycles. The van der Waals surface area contributed by atoms with Crippen molar-refractivity contribution in [2.75, 3.05) is 4.90 Å². The van der Waals surface area contributed by atoms with Crippen LogP contribution in [0.5, 0.6) is 0 Å². The molecule has 258 valence electrons. The number of fused-ring (bicyclic) bond motifs is 8. The first kappa shape index (κ1) is 31.6. The first-order chi connectivity index (χ1) is 27.3. The van der Waals surface area contributed by atoms with Crippen molar-refractivity contribution in [3.05, 3.63) is 200 Å². The van der Waals surface area contributed by atoms with Gasteiger partial charge in [0.25, 0.3) is 0 Å². The highest BCUT2D eigenvalue weighted by Crippen LogP contribution is 2.49. The van der Waals surface area contributed by atoms with Crippen molar-refractivity contribution in [3.63, 3.8) is 0 Å². The van der Waals surface area contributed by atoms with E-state index in [0.29, 0.717) is 0 Å². The minimum atomic E-state index is 0.876. The van der Waals surface area contributed by atoms with Gasteiger partial charge in [-0.1, -0.05) is 152 Å². The highest BCUT2D eigenvalue weighted by atomic mass is 32.1. The van der Waals surface area contributed by atoms with Gasteiger partial charge in [-0.25, -0.2) is 0 Å². The zero-order valence-electron chi connectivity index (χ0n) is 29.8. The van der Waals surface area contributed by atoms with E-state index in [-0.39, 0.29) is 0 Å². The van der Waals surface area contributed by atoms with E-state index in [1.807, 2.05) is 11.3 Å². The number of furan rings is 1. The molecule has 0 aliphatic rings. The van der Waals surface area contributed by atoms with E-state index in [1.54, 1.807) is 0 Å². The number of hydrogen-bond acceptors (Lipinski definition) is 3. The molecule has 2 nitrogen and oxygen atoms in total. The maximum Gasteiger partial charge on any atom is 0.143 e. The molecule has 0 atom stereocenters. The number of nitrogens with zero attached hydrogens (tertiary/aromatic N) is 1. The van der Waals surface area contributed by atoms with Crippen molar-refractivity contribution < 1.29 is 4.42 Å². The molecule has 0 saturated carbocycles. The molecule has 0 bridgehead atoms. The first-order valence-corrected chi connectivity index (χ1v) is 19.5. The van der Waals surface area contributed by atoms with Crippen molar-refractivity contribution in [2.45, 2.75) is 0 Å². The Kier molecular flexibility index (Phi) is 7.39. The summed E-state index contributed by atoms with van der Waals surface area (Å²) in [5.41, 5.74) is 12.3. The number of thiophene rings is 1. The van der Waals surface area contributed by atoms with Crippen LogP contribution in [0.1, 0.15) is 0 Å². The third kappa shape index (κ3) is 5.24. The Hall–Kier alpha value is -6.94. The summed E-state index contributed by atoms with van der Waals surface area (Å²) >= 11 is 1.85. The molecule has 2 aromatic heterocycles. The Morgan fingerprint density at radius 3 is 1.87 bits per heavy atom. The second-order valence-corrected chi connectivity index (χ2v) is 15.1. The predicted molar refractivity (Wildman–Crippen MR) is 235 cm³/mol. The smallest absolute Gasteiger partial charge is 0.143 e. The highest BCUT2D eigenvalue weighted by molar-refractivity contribution is 7.26. The Bertz CT molecular complexity index is 3190. The molecule has 55 heavy (non-hydrogen) atoms. The molecule has 0 N–H and O–H groups in total. The van der Waals surface area contributed by atoms with E-state index < -0.39 is 0 Å². The van der Waals surface area contributed by atoms with E-state index in [2.05, 4.69) is 205 Å². The van der Waals surface area contributed by atoms with Gasteiger partial charge in [0.15, 0.2) is 0 Å². The van der Waals surface area contributed by atoms with Crippen LogP contribution < -0.4 is 4.90 Å². The van der Waals surface area contributed by atoms with Crippen LogP contribution in [0.15, 0.2) is 205 Å². The average Bonchev–Trinajstić information content (AvgIpc) is 3.84. The summed E-state index contributed by atoms with van der Waals surface area (Å²) in [6.45, 7) is 0. The fraction of sp³-hybridized carbons (Fsp3) is 0. The predicted octanol–water partition coefficient (Wildman–Crippen LogP) is 15.6. The molecular formula is C52H33NOS. The van der Waals surface area contributed by atoms with Crippen molar-refractivity contribution in [1.29, 1.82) is 0 Å². The normalized spacial score (nSPS) is 11.6. The molecule has 11 aromatic rings. The summed E-state index contributed by atoms with van der Waals surface area (Å²) < 4.78 is 9.25. The lowest BCUT2D eigenvalue weighted by Gasteiger charge is -2.27. The monoisotopic (exact) mass is 719 g/mol. The maximum atomic E-state index is 6.71. The fourth-order valence-electron chi connectivity index (χ4n) is 8.29. The molecule has 0 unspecified atom stereocenters. The van der Waals surface area contributed by atoms with E-state index in [9.17, 15) is 0 Å². The van der Waals surface area contributed by atoms with Gasteiger partial charge in [0, 0.05) is 31.9 Å². The fourth-order valence-corrected chi connectivity index (χ4v) is 9.50. The van der Waals surface area contributed by atoms with E-state index in [1.165, 1.54) is 58.9 Å². The third-order valence-corrected chi connectivity index (χ3v) is 12.1. The van der Waals surface area contributed by atoms with Crippen LogP contribution in [-0.2, 0) is 0 Å². The van der Waals surface area contributed by atoms with Crippen molar-refractivity contribution >= 4 is 81.3 Å². The summed E-state index contributed by atoms with van der Waals surface area (Å²) in [6.07, 6.45) is 0. The number of benzene rings is 9. The molecule has 0 spiro atoms. The number of rotatable bonds is 6. The standard InChI is InChI=1S/C52H33NOS/c1-3-13-35(14-4-1)40-31-28-38(33-45(40)36-15-5-2-6-16-36)34-25-29-39(30-26-34)53(47-22-11-20-43-42-19-9-10-24-49(42)55-52(43)47)46-21-12-23-48-50(46)44-32-27-37-17-7-8-18-41(37)51(44)54-48/h1-33H. The summed E-state index contributed by atoms with van der Waals surface area (Å²) in [7, 11) is 0. The molecule has 0 fully saturated rings. The molecule has 0 aliphatic heterocycles. The van der Waals surface area contributed by atoms with Gasteiger partial charge < -0.3 is 9.32 Å². The summed E-state index contributed by atoms with van der Waals surface area (Å²) in [4.78, 5) is 2.43. The van der Waals surface area contributed by atoms with Gasteiger partial charge in [-0.3, -0.25) is 0 Å². The Labute approximate surface area is 322 Å². The van der Waals surface area contributed by atoms with Gasteiger partial charge in [0.05, 0.1) is 21.5 Å². The van der Waals surface area contributed by atoms with E-state index >= 15 is 0 Å². The topological polar surface area (TPSA) is 16.4 Å². The molecule has 0 amide bonds. The molecule has 11 rings (SSSR count). The van der Waals surface area contributed by atoms with E-state index in [0.717, 1.165) is 44.4 Å². The minimum absolute atomic E-state index is 0.876. The third-order valence-electron chi connectivity index (χ3n) is 10.9. The highest BCUT2D eigenvalue weighted by Gasteiger charge is 2.23. The Balaban J connectivity index is 1.11. The van der Waals surface area contributed by atoms with Crippen LogP contribution in [0.4, 0.5) is 17.1 Å². The lowest BCUT2D eigenvalue weighted by atomic mass is 9.91. The van der Waals surface area contributed by atoms with Crippen LogP contribution >= 0.6 is 11.3 Å². The second-order valence-electron chi connectivity index (χ2n) is 14.0. The molecule has 0 aliphatic carbocycles. The van der Waals surface area contributed by atoms with E-state index in [4.69, 9.17) is 4.42 Å². The lowest BCUT2D eigenvalue weighted by molar-refractivity contribution is 0.672. The summed E-state index contributed by atoms with van der Waals surface area (Å²) in [5, 5.41) is 7.06. The van der Waals surface area contributed by atoms with Gasteiger partial charge in [-0.2, -0.15) is 0 Å². The lowest BCUT2D eigenvalue weighted by Crippen LogP contribution is -2.10. The SMILES string of the molecule is c1ccc(-c2ccc(-c3ccc(N(c4cccc5c4sc4ccccc45)c4cccc5oc6c7ccccc7ccc6c45)cc3)cc2-c2ccccc2)cc1. The quantitative estimate of drug-likeness (QED) is 0.170. The molecule has 2 heterocycles. The largest absolute Gasteiger partial charge is 0.455 e. The van der Waals surface area contributed by atoms with Gasteiger partial charge in [-0.05, 0) is 87.3 Å². The van der Waals surface area contributed by atoms with Crippen LogP contribution in [0.3, 0.4) is 0 Å². The summed E-state index contributed by atoms with van der Waals surface area (Å²) in [5.74, 6) is 0. The average molecular weight is 720 g/mol. The minimum Gasteiger partial charge on any atom is -0.455 e. The number of hydrogen-bond donors (Lipinski definition) is 0. The van der Waals surface area contributed by atoms with Crippen LogP contribution in [0.2, 0.25) is 0 Å². The zero-order chi connectivity index (χ0) is 36.3. The van der Waals surface area contributed by atoms with Gasteiger partial charge in [0.1, 0.15) is 11.2 Å². The second kappa shape index (κ2) is 12.9. The van der Waals surface area contributed by atoms with Crippen molar-refractivity contribution in [1.82, 2.24) is 0 Å². The molecule has 0 radical (unpaired) electrons. The van der Waals surface area contributed by atoms with Crippen LogP contribution in [0, 0.1) is 0 Å². The van der Waals surface area contributed by atoms with Crippen LogP contribution in [0.25, 0.3) is 86.3 Å². The maximum absolute atomic E-state index is 6.71. The van der Waals surface area contributed by atoms with Crippen molar-refractivity contribution in [3.8, 4) is 33.4 Å². The number of anilines is 3.